The lowest BCUT2D eigenvalue weighted by molar-refractivity contribution is 0.0352. The predicted molar refractivity (Wildman–Crippen MR) is 77.4 cm³/mol. The predicted octanol–water partition coefficient (Wildman–Crippen LogP) is 2.93. The van der Waals surface area contributed by atoms with E-state index in [1.165, 1.54) is 17.0 Å². The Labute approximate surface area is 122 Å². The van der Waals surface area contributed by atoms with Gasteiger partial charge in [-0.1, -0.05) is 12.1 Å². The highest BCUT2D eigenvalue weighted by Crippen LogP contribution is 2.25. The maximum absolute atomic E-state index is 13.7. The first-order valence-electron chi connectivity index (χ1n) is 6.60. The standard InChI is InChI=1S/C16H18FNO3/c1-16(2,20)10-18(3)15(19)14-9-8-13(21-14)11-6-4-5-7-12(11)17/h4-9,20H,10H2,1-3H3. The first-order chi connectivity index (χ1) is 9.78. The third-order valence-corrected chi connectivity index (χ3v) is 2.93. The minimum absolute atomic E-state index is 0.111. The Hall–Kier alpha value is -2.14. The van der Waals surface area contributed by atoms with E-state index in [-0.39, 0.29) is 18.2 Å². The van der Waals surface area contributed by atoms with Crippen LogP contribution in [0.4, 0.5) is 4.39 Å². The third kappa shape index (κ3) is 3.70. The van der Waals surface area contributed by atoms with Crippen molar-refractivity contribution >= 4 is 5.91 Å². The molecule has 0 saturated carbocycles. The molecule has 1 amide bonds. The van der Waals surface area contributed by atoms with Gasteiger partial charge < -0.3 is 14.4 Å². The van der Waals surface area contributed by atoms with Crippen molar-refractivity contribution in [1.29, 1.82) is 0 Å². The summed E-state index contributed by atoms with van der Waals surface area (Å²) in [7, 11) is 1.57. The summed E-state index contributed by atoms with van der Waals surface area (Å²) in [5, 5.41) is 9.73. The van der Waals surface area contributed by atoms with Gasteiger partial charge in [-0.25, -0.2) is 4.39 Å². The van der Waals surface area contributed by atoms with E-state index in [1.54, 1.807) is 45.2 Å². The molecule has 5 heteroatoms. The summed E-state index contributed by atoms with van der Waals surface area (Å²) in [6, 6.07) is 9.27. The molecule has 2 aromatic rings. The van der Waals surface area contributed by atoms with E-state index < -0.39 is 11.4 Å². The van der Waals surface area contributed by atoms with Crippen LogP contribution in [0.15, 0.2) is 40.8 Å². The van der Waals surface area contributed by atoms with Crippen LogP contribution in [0.2, 0.25) is 0 Å². The van der Waals surface area contributed by atoms with Gasteiger partial charge in [-0.05, 0) is 38.1 Å². The summed E-state index contributed by atoms with van der Waals surface area (Å²) < 4.78 is 19.1. The van der Waals surface area contributed by atoms with Crippen LogP contribution in [0.1, 0.15) is 24.4 Å². The maximum atomic E-state index is 13.7. The molecule has 0 atom stereocenters. The molecular weight excluding hydrogens is 273 g/mol. The van der Waals surface area contributed by atoms with Gasteiger partial charge in [0.05, 0.1) is 11.2 Å². The number of hydrogen-bond donors (Lipinski definition) is 1. The molecule has 2 rings (SSSR count). The summed E-state index contributed by atoms with van der Waals surface area (Å²) in [6.45, 7) is 3.40. The van der Waals surface area contributed by atoms with E-state index in [2.05, 4.69) is 0 Å². The fraction of sp³-hybridized carbons (Fsp3) is 0.312. The van der Waals surface area contributed by atoms with Crippen LogP contribution in [0.5, 0.6) is 0 Å². The Kier molecular flexibility index (Phi) is 4.14. The average Bonchev–Trinajstić information content (AvgIpc) is 2.85. The molecule has 4 nitrogen and oxygen atoms in total. The van der Waals surface area contributed by atoms with Crippen LogP contribution >= 0.6 is 0 Å². The maximum Gasteiger partial charge on any atom is 0.289 e. The summed E-state index contributed by atoms with van der Waals surface area (Å²) >= 11 is 0. The molecule has 0 aliphatic rings. The minimum atomic E-state index is -0.995. The molecule has 0 aliphatic heterocycles. The van der Waals surface area contributed by atoms with Crippen LogP contribution in [0, 0.1) is 5.82 Å². The van der Waals surface area contributed by atoms with Crippen LogP contribution in [0.25, 0.3) is 11.3 Å². The number of rotatable bonds is 4. The number of aliphatic hydroxyl groups is 1. The summed E-state index contributed by atoms with van der Waals surface area (Å²) in [5.41, 5.74) is -0.688. The van der Waals surface area contributed by atoms with E-state index in [4.69, 9.17) is 4.42 Å². The number of nitrogens with zero attached hydrogens (tertiary/aromatic N) is 1. The number of amides is 1. The Morgan fingerprint density at radius 3 is 2.57 bits per heavy atom. The largest absolute Gasteiger partial charge is 0.451 e. The molecule has 0 fully saturated rings. The molecule has 1 aromatic heterocycles. The van der Waals surface area contributed by atoms with Crippen molar-refractivity contribution < 1.29 is 18.7 Å². The number of carbonyl (C=O) groups is 1. The molecule has 1 aromatic carbocycles. The first-order valence-corrected chi connectivity index (χ1v) is 6.60. The quantitative estimate of drug-likeness (QED) is 0.942. The number of hydrogen-bond acceptors (Lipinski definition) is 3. The van der Waals surface area contributed by atoms with Crippen molar-refractivity contribution in [3.8, 4) is 11.3 Å². The second kappa shape index (κ2) is 5.69. The monoisotopic (exact) mass is 291 g/mol. The van der Waals surface area contributed by atoms with Crippen molar-refractivity contribution in [2.75, 3.05) is 13.6 Å². The van der Waals surface area contributed by atoms with Crippen LogP contribution in [-0.2, 0) is 0 Å². The molecule has 0 spiro atoms. The van der Waals surface area contributed by atoms with Gasteiger partial charge in [-0.3, -0.25) is 4.79 Å². The number of furan rings is 1. The van der Waals surface area contributed by atoms with Gasteiger partial charge in [0, 0.05) is 13.6 Å². The summed E-state index contributed by atoms with van der Waals surface area (Å²) in [6.07, 6.45) is 0. The Morgan fingerprint density at radius 1 is 1.29 bits per heavy atom. The van der Waals surface area contributed by atoms with E-state index in [9.17, 15) is 14.3 Å². The highest BCUT2D eigenvalue weighted by atomic mass is 19.1. The molecule has 0 aliphatic carbocycles. The zero-order valence-electron chi connectivity index (χ0n) is 12.3. The van der Waals surface area contributed by atoms with Gasteiger partial charge in [0.15, 0.2) is 5.76 Å². The lowest BCUT2D eigenvalue weighted by Crippen LogP contribution is -2.39. The van der Waals surface area contributed by atoms with Gasteiger partial charge in [-0.2, -0.15) is 0 Å². The molecule has 112 valence electrons. The molecule has 21 heavy (non-hydrogen) atoms. The van der Waals surface area contributed by atoms with Crippen LogP contribution in [0.3, 0.4) is 0 Å². The molecule has 1 heterocycles. The second-order valence-corrected chi connectivity index (χ2v) is 5.62. The van der Waals surface area contributed by atoms with Gasteiger partial charge in [-0.15, -0.1) is 0 Å². The molecule has 1 N–H and O–H groups in total. The van der Waals surface area contributed by atoms with E-state index in [0.29, 0.717) is 11.3 Å². The highest BCUT2D eigenvalue weighted by molar-refractivity contribution is 5.92. The number of likely N-dealkylation sites (N-methyl/N-ethyl adjacent to an activating group) is 1. The molecule has 0 bridgehead atoms. The summed E-state index contributed by atoms with van der Waals surface area (Å²) in [5.74, 6) is -0.358. The Morgan fingerprint density at radius 2 is 1.95 bits per heavy atom. The normalized spacial score (nSPS) is 11.5. The lowest BCUT2D eigenvalue weighted by Gasteiger charge is -2.24. The first kappa shape index (κ1) is 15.3. The van der Waals surface area contributed by atoms with E-state index in [0.717, 1.165) is 0 Å². The average molecular weight is 291 g/mol. The highest BCUT2D eigenvalue weighted by Gasteiger charge is 2.23. The van der Waals surface area contributed by atoms with Gasteiger partial charge >= 0.3 is 0 Å². The second-order valence-electron chi connectivity index (χ2n) is 5.62. The smallest absolute Gasteiger partial charge is 0.289 e. The number of halogens is 1. The van der Waals surface area contributed by atoms with Gasteiger partial charge in [0.2, 0.25) is 0 Å². The molecule has 0 unspecified atom stereocenters. The fourth-order valence-electron chi connectivity index (χ4n) is 2.10. The van der Waals surface area contributed by atoms with Crippen molar-refractivity contribution in [2.24, 2.45) is 0 Å². The minimum Gasteiger partial charge on any atom is -0.451 e. The topological polar surface area (TPSA) is 53.7 Å². The van der Waals surface area contributed by atoms with Crippen molar-refractivity contribution in [1.82, 2.24) is 4.90 Å². The molecule has 0 saturated heterocycles. The van der Waals surface area contributed by atoms with Crippen molar-refractivity contribution in [2.45, 2.75) is 19.4 Å². The SMILES string of the molecule is CN(CC(C)(C)O)C(=O)c1ccc(-c2ccccc2F)o1. The molecular formula is C16H18FNO3. The van der Waals surface area contributed by atoms with Crippen molar-refractivity contribution in [3.63, 3.8) is 0 Å². The van der Waals surface area contributed by atoms with E-state index in [1.807, 2.05) is 0 Å². The van der Waals surface area contributed by atoms with Crippen LogP contribution in [-0.4, -0.2) is 35.1 Å². The van der Waals surface area contributed by atoms with Gasteiger partial charge in [0.1, 0.15) is 11.6 Å². The number of benzene rings is 1. The van der Waals surface area contributed by atoms with Crippen molar-refractivity contribution in [3.05, 3.63) is 48.0 Å². The van der Waals surface area contributed by atoms with Gasteiger partial charge in [0.25, 0.3) is 5.91 Å². The van der Waals surface area contributed by atoms with Crippen LogP contribution < -0.4 is 0 Å². The Bertz CT molecular complexity index is 643. The Balaban J connectivity index is 2.20. The zero-order valence-corrected chi connectivity index (χ0v) is 12.3. The summed E-state index contributed by atoms with van der Waals surface area (Å²) in [4.78, 5) is 13.5. The van der Waals surface area contributed by atoms with E-state index >= 15 is 0 Å². The fourth-order valence-corrected chi connectivity index (χ4v) is 2.10. The number of carbonyl (C=O) groups excluding carboxylic acids is 1. The lowest BCUT2D eigenvalue weighted by atomic mass is 10.1. The third-order valence-electron chi connectivity index (χ3n) is 2.93. The molecule has 0 radical (unpaired) electrons. The zero-order chi connectivity index (χ0) is 15.6.